The highest BCUT2D eigenvalue weighted by atomic mass is 35.5. The number of alkyl halides is 3. The van der Waals surface area contributed by atoms with Crippen molar-refractivity contribution in [2.24, 2.45) is 0 Å². The molecule has 4 nitrogen and oxygen atoms in total. The number of nitro groups is 1. The number of nitrogens with zero attached hydrogens (tertiary/aromatic N) is 2. The minimum absolute atomic E-state index is 0.00857. The summed E-state index contributed by atoms with van der Waals surface area (Å²) in [6.45, 7) is 0.978. The van der Waals surface area contributed by atoms with Crippen LogP contribution in [0.2, 0.25) is 5.02 Å². The fraction of sp³-hybridized carbons (Fsp3) is 0.500. The lowest BCUT2D eigenvalue weighted by molar-refractivity contribution is -0.384. The molecule has 0 aliphatic heterocycles. The molecule has 1 aromatic rings. The number of rotatable bonds is 6. The van der Waals surface area contributed by atoms with Crippen LogP contribution >= 0.6 is 11.6 Å². The summed E-state index contributed by atoms with van der Waals surface area (Å²) in [5.74, 6) is 0. The van der Waals surface area contributed by atoms with Crippen LogP contribution in [0.4, 0.5) is 18.9 Å². The Bertz CT molecular complexity index is 480. The Kier molecular flexibility index (Phi) is 5.76. The fourth-order valence-corrected chi connectivity index (χ4v) is 2.03. The third-order valence-corrected chi connectivity index (χ3v) is 2.88. The van der Waals surface area contributed by atoms with Crippen molar-refractivity contribution in [1.29, 1.82) is 0 Å². The highest BCUT2D eigenvalue weighted by Crippen LogP contribution is 2.26. The van der Waals surface area contributed by atoms with Crippen molar-refractivity contribution >= 4 is 17.3 Å². The average molecular weight is 311 g/mol. The standard InChI is InChI=1S/C12H14ClF3N2O2/c1-2-5-17(8-12(14,15)16)7-9-3-4-10(13)11(6-9)18(19)20/h3-4,6H,2,5,7-8H2,1H3. The van der Waals surface area contributed by atoms with E-state index in [4.69, 9.17) is 11.6 Å². The zero-order valence-electron chi connectivity index (χ0n) is 10.8. The van der Waals surface area contributed by atoms with Crippen LogP contribution in [0.15, 0.2) is 18.2 Å². The molecule has 1 aromatic carbocycles. The maximum atomic E-state index is 12.4. The molecule has 0 aliphatic rings. The monoisotopic (exact) mass is 310 g/mol. The molecule has 0 radical (unpaired) electrons. The Morgan fingerprint density at radius 2 is 2.05 bits per heavy atom. The van der Waals surface area contributed by atoms with Crippen molar-refractivity contribution in [2.45, 2.75) is 26.1 Å². The van der Waals surface area contributed by atoms with E-state index in [1.165, 1.54) is 23.1 Å². The van der Waals surface area contributed by atoms with Crippen LogP contribution in [-0.2, 0) is 6.54 Å². The number of benzene rings is 1. The summed E-state index contributed by atoms with van der Waals surface area (Å²) in [5.41, 5.74) is 0.131. The molecule has 0 aromatic heterocycles. The van der Waals surface area contributed by atoms with Crippen LogP contribution < -0.4 is 0 Å². The summed E-state index contributed by atoms with van der Waals surface area (Å²) in [6, 6.07) is 4.03. The highest BCUT2D eigenvalue weighted by molar-refractivity contribution is 6.32. The van der Waals surface area contributed by atoms with Gasteiger partial charge in [0.2, 0.25) is 0 Å². The van der Waals surface area contributed by atoms with Crippen LogP contribution in [0.3, 0.4) is 0 Å². The normalized spacial score (nSPS) is 11.9. The average Bonchev–Trinajstić information content (AvgIpc) is 2.29. The van der Waals surface area contributed by atoms with Crippen molar-refractivity contribution in [3.63, 3.8) is 0 Å². The van der Waals surface area contributed by atoms with E-state index >= 15 is 0 Å². The van der Waals surface area contributed by atoms with Crippen LogP contribution in [0.25, 0.3) is 0 Å². The molecular weight excluding hydrogens is 297 g/mol. The van der Waals surface area contributed by atoms with E-state index in [2.05, 4.69) is 0 Å². The van der Waals surface area contributed by atoms with Crippen LogP contribution in [0, 0.1) is 10.1 Å². The van der Waals surface area contributed by atoms with E-state index < -0.39 is 17.6 Å². The van der Waals surface area contributed by atoms with Gasteiger partial charge in [0, 0.05) is 12.6 Å². The largest absolute Gasteiger partial charge is 0.401 e. The summed E-state index contributed by atoms with van der Waals surface area (Å²) >= 11 is 5.66. The van der Waals surface area contributed by atoms with E-state index in [1.54, 1.807) is 6.92 Å². The molecule has 0 N–H and O–H groups in total. The molecule has 0 fully saturated rings. The predicted octanol–water partition coefficient (Wildman–Crippen LogP) is 4.02. The van der Waals surface area contributed by atoms with Gasteiger partial charge < -0.3 is 0 Å². The molecule has 0 spiro atoms. The van der Waals surface area contributed by atoms with Crippen LogP contribution in [0.1, 0.15) is 18.9 Å². The topological polar surface area (TPSA) is 46.4 Å². The first kappa shape index (κ1) is 16.7. The lowest BCUT2D eigenvalue weighted by Crippen LogP contribution is -2.34. The zero-order valence-corrected chi connectivity index (χ0v) is 11.5. The molecule has 0 bridgehead atoms. The summed E-state index contributed by atoms with van der Waals surface area (Å²) in [4.78, 5) is 11.3. The molecule has 0 heterocycles. The van der Waals surface area contributed by atoms with E-state index in [0.29, 0.717) is 12.0 Å². The molecule has 1 rings (SSSR count). The van der Waals surface area contributed by atoms with E-state index in [-0.39, 0.29) is 23.8 Å². The van der Waals surface area contributed by atoms with Crippen molar-refractivity contribution in [1.82, 2.24) is 4.90 Å². The van der Waals surface area contributed by atoms with Gasteiger partial charge in [-0.15, -0.1) is 0 Å². The quantitative estimate of drug-likeness (QED) is 0.589. The van der Waals surface area contributed by atoms with E-state index in [0.717, 1.165) is 0 Å². The molecule has 0 saturated heterocycles. The number of hydrogen-bond donors (Lipinski definition) is 0. The van der Waals surface area contributed by atoms with Gasteiger partial charge in [0.15, 0.2) is 0 Å². The summed E-state index contributed by atoms with van der Waals surface area (Å²) in [5, 5.41) is 10.7. The van der Waals surface area contributed by atoms with Gasteiger partial charge in [-0.25, -0.2) is 0 Å². The lowest BCUT2D eigenvalue weighted by atomic mass is 10.2. The van der Waals surface area contributed by atoms with Crippen LogP contribution in [0.5, 0.6) is 0 Å². The summed E-state index contributed by atoms with van der Waals surface area (Å²) in [6.07, 6.45) is -3.74. The first-order valence-corrected chi connectivity index (χ1v) is 6.32. The summed E-state index contributed by atoms with van der Waals surface area (Å²) < 4.78 is 37.3. The second-order valence-corrected chi connectivity index (χ2v) is 4.78. The molecule has 20 heavy (non-hydrogen) atoms. The second kappa shape index (κ2) is 6.90. The Morgan fingerprint density at radius 1 is 1.40 bits per heavy atom. The predicted molar refractivity (Wildman–Crippen MR) is 69.7 cm³/mol. The van der Waals surface area contributed by atoms with Gasteiger partial charge in [-0.1, -0.05) is 24.6 Å². The lowest BCUT2D eigenvalue weighted by Gasteiger charge is -2.23. The molecule has 0 atom stereocenters. The zero-order chi connectivity index (χ0) is 15.3. The Hall–Kier alpha value is -1.34. The number of hydrogen-bond acceptors (Lipinski definition) is 3. The van der Waals surface area contributed by atoms with E-state index in [1.807, 2.05) is 0 Å². The van der Waals surface area contributed by atoms with Gasteiger partial charge in [0.05, 0.1) is 11.5 Å². The van der Waals surface area contributed by atoms with Gasteiger partial charge in [0.25, 0.3) is 5.69 Å². The SMILES string of the molecule is CCCN(Cc1ccc(Cl)c([N+](=O)[O-])c1)CC(F)(F)F. The second-order valence-electron chi connectivity index (χ2n) is 4.37. The molecule has 8 heteroatoms. The van der Waals surface area contributed by atoms with Crippen molar-refractivity contribution in [3.8, 4) is 0 Å². The van der Waals surface area contributed by atoms with Gasteiger partial charge in [-0.05, 0) is 24.6 Å². The molecule has 0 unspecified atom stereocenters. The van der Waals surface area contributed by atoms with E-state index in [9.17, 15) is 23.3 Å². The maximum absolute atomic E-state index is 12.4. The molecule has 0 aliphatic carbocycles. The number of nitro benzene ring substituents is 1. The van der Waals surface area contributed by atoms with Gasteiger partial charge >= 0.3 is 6.18 Å². The molecule has 0 saturated carbocycles. The minimum atomic E-state index is -4.30. The smallest absolute Gasteiger partial charge is 0.291 e. The van der Waals surface area contributed by atoms with Crippen molar-refractivity contribution in [2.75, 3.05) is 13.1 Å². The Balaban J connectivity index is 2.88. The molecular formula is C12H14ClF3N2O2. The van der Waals surface area contributed by atoms with Gasteiger partial charge in [-0.3, -0.25) is 15.0 Å². The Morgan fingerprint density at radius 3 is 2.55 bits per heavy atom. The third kappa shape index (κ3) is 5.34. The van der Waals surface area contributed by atoms with Crippen LogP contribution in [-0.4, -0.2) is 29.1 Å². The van der Waals surface area contributed by atoms with Gasteiger partial charge in [-0.2, -0.15) is 13.2 Å². The fourth-order valence-electron chi connectivity index (χ4n) is 1.84. The van der Waals surface area contributed by atoms with Crippen molar-refractivity contribution < 1.29 is 18.1 Å². The first-order chi connectivity index (χ1) is 9.23. The Labute approximate surface area is 119 Å². The third-order valence-electron chi connectivity index (χ3n) is 2.56. The maximum Gasteiger partial charge on any atom is 0.401 e. The molecule has 112 valence electrons. The van der Waals surface area contributed by atoms with Gasteiger partial charge in [0.1, 0.15) is 5.02 Å². The van der Waals surface area contributed by atoms with Crippen molar-refractivity contribution in [3.05, 3.63) is 38.9 Å². The molecule has 0 amide bonds. The minimum Gasteiger partial charge on any atom is -0.291 e. The highest BCUT2D eigenvalue weighted by Gasteiger charge is 2.30. The summed E-state index contributed by atoms with van der Waals surface area (Å²) in [7, 11) is 0. The number of halogens is 4. The first-order valence-electron chi connectivity index (χ1n) is 5.95.